The van der Waals surface area contributed by atoms with Crippen LogP contribution in [0.1, 0.15) is 29.8 Å². The van der Waals surface area contributed by atoms with E-state index in [1.165, 1.54) is 7.11 Å². The average molecular weight is 264 g/mol. The first-order valence-electron chi connectivity index (χ1n) is 6.11. The Hall–Kier alpha value is -2.04. The Morgan fingerprint density at radius 1 is 1.32 bits per heavy atom. The number of rotatable bonds is 4. The molecule has 5 heteroatoms. The summed E-state index contributed by atoms with van der Waals surface area (Å²) in [5, 5.41) is 2.68. The minimum Gasteiger partial charge on any atom is -0.467 e. The van der Waals surface area contributed by atoms with Gasteiger partial charge in [0.2, 0.25) is 0 Å². The topological polar surface area (TPSA) is 81.4 Å². The van der Waals surface area contributed by atoms with E-state index in [-0.39, 0.29) is 11.8 Å². The zero-order valence-electron chi connectivity index (χ0n) is 11.7. The van der Waals surface area contributed by atoms with E-state index in [0.717, 1.165) is 5.56 Å². The van der Waals surface area contributed by atoms with Crippen LogP contribution >= 0.6 is 0 Å². The first kappa shape index (κ1) is 15.0. The number of hydrogen-bond acceptors (Lipinski definition) is 4. The summed E-state index contributed by atoms with van der Waals surface area (Å²) in [6.07, 6.45) is 0. The summed E-state index contributed by atoms with van der Waals surface area (Å²) < 4.78 is 4.68. The Morgan fingerprint density at radius 2 is 1.95 bits per heavy atom. The van der Waals surface area contributed by atoms with Crippen molar-refractivity contribution in [3.8, 4) is 0 Å². The van der Waals surface area contributed by atoms with Crippen molar-refractivity contribution < 1.29 is 14.3 Å². The van der Waals surface area contributed by atoms with Crippen LogP contribution in [-0.4, -0.2) is 25.0 Å². The van der Waals surface area contributed by atoms with Crippen molar-refractivity contribution in [2.45, 2.75) is 26.8 Å². The summed E-state index contributed by atoms with van der Waals surface area (Å²) >= 11 is 0. The monoisotopic (exact) mass is 264 g/mol. The lowest BCUT2D eigenvalue weighted by Crippen LogP contribution is -2.45. The molecule has 1 aromatic carbocycles. The van der Waals surface area contributed by atoms with E-state index in [1.807, 2.05) is 20.8 Å². The number of amides is 1. The van der Waals surface area contributed by atoms with Gasteiger partial charge in [-0.1, -0.05) is 13.8 Å². The molecule has 3 N–H and O–H groups in total. The molecule has 5 nitrogen and oxygen atoms in total. The largest absolute Gasteiger partial charge is 0.467 e. The highest BCUT2D eigenvalue weighted by molar-refractivity contribution is 5.97. The van der Waals surface area contributed by atoms with Gasteiger partial charge in [-0.05, 0) is 36.6 Å². The molecular weight excluding hydrogens is 244 g/mol. The lowest BCUT2D eigenvalue weighted by atomic mass is 10.0. The van der Waals surface area contributed by atoms with Crippen molar-refractivity contribution in [3.63, 3.8) is 0 Å². The molecule has 0 saturated heterocycles. The van der Waals surface area contributed by atoms with Crippen molar-refractivity contribution in [1.29, 1.82) is 0 Å². The number of nitrogens with one attached hydrogen (secondary N) is 1. The number of benzene rings is 1. The first-order valence-corrected chi connectivity index (χ1v) is 6.11. The SMILES string of the molecule is COC(=O)C(NC(=O)c1ccc(N)c(C)c1)C(C)C. The van der Waals surface area contributed by atoms with Gasteiger partial charge in [-0.2, -0.15) is 0 Å². The number of hydrogen-bond donors (Lipinski definition) is 2. The van der Waals surface area contributed by atoms with Crippen LogP contribution in [0.2, 0.25) is 0 Å². The molecular formula is C14H20N2O3. The molecule has 0 spiro atoms. The van der Waals surface area contributed by atoms with Crippen LogP contribution in [0, 0.1) is 12.8 Å². The summed E-state index contributed by atoms with van der Waals surface area (Å²) in [5.74, 6) is -0.811. The van der Waals surface area contributed by atoms with Gasteiger partial charge >= 0.3 is 5.97 Å². The summed E-state index contributed by atoms with van der Waals surface area (Å²) in [6, 6.07) is 4.34. The predicted octanol–water partition coefficient (Wildman–Crippen LogP) is 1.50. The second-order valence-electron chi connectivity index (χ2n) is 4.79. The fourth-order valence-electron chi connectivity index (χ4n) is 1.67. The van der Waals surface area contributed by atoms with E-state index < -0.39 is 12.0 Å². The Bertz CT molecular complexity index is 484. The molecule has 104 valence electrons. The van der Waals surface area contributed by atoms with E-state index in [1.54, 1.807) is 18.2 Å². The number of aryl methyl sites for hydroxylation is 1. The van der Waals surface area contributed by atoms with Crippen LogP contribution in [0.5, 0.6) is 0 Å². The molecule has 0 radical (unpaired) electrons. The number of carbonyl (C=O) groups excluding carboxylic acids is 2. The number of esters is 1. The summed E-state index contributed by atoms with van der Waals surface area (Å²) in [5.41, 5.74) is 7.63. The van der Waals surface area contributed by atoms with Crippen LogP contribution in [0.3, 0.4) is 0 Å². The maximum absolute atomic E-state index is 12.1. The zero-order valence-corrected chi connectivity index (χ0v) is 11.7. The molecule has 0 aliphatic heterocycles. The van der Waals surface area contributed by atoms with Crippen molar-refractivity contribution in [2.24, 2.45) is 5.92 Å². The van der Waals surface area contributed by atoms with Crippen LogP contribution in [0.4, 0.5) is 5.69 Å². The first-order chi connectivity index (χ1) is 8.86. The van der Waals surface area contributed by atoms with E-state index in [2.05, 4.69) is 10.1 Å². The van der Waals surface area contributed by atoms with E-state index in [0.29, 0.717) is 11.3 Å². The molecule has 19 heavy (non-hydrogen) atoms. The quantitative estimate of drug-likeness (QED) is 0.638. The lowest BCUT2D eigenvalue weighted by Gasteiger charge is -2.20. The second kappa shape index (κ2) is 6.22. The smallest absolute Gasteiger partial charge is 0.328 e. The standard InChI is InChI=1S/C14H20N2O3/c1-8(2)12(14(18)19-4)16-13(17)10-5-6-11(15)9(3)7-10/h5-8,12H,15H2,1-4H3,(H,16,17). The van der Waals surface area contributed by atoms with Crippen molar-refractivity contribution in [1.82, 2.24) is 5.32 Å². The Labute approximate surface area is 113 Å². The Kier molecular flexibility index (Phi) is 4.92. The van der Waals surface area contributed by atoms with Crippen LogP contribution in [-0.2, 0) is 9.53 Å². The molecule has 0 aliphatic carbocycles. The predicted molar refractivity (Wildman–Crippen MR) is 73.7 cm³/mol. The van der Waals surface area contributed by atoms with Crippen LogP contribution in [0.25, 0.3) is 0 Å². The Morgan fingerprint density at radius 3 is 2.42 bits per heavy atom. The van der Waals surface area contributed by atoms with Gasteiger partial charge in [0.05, 0.1) is 7.11 Å². The van der Waals surface area contributed by atoms with Crippen molar-refractivity contribution in [3.05, 3.63) is 29.3 Å². The summed E-state index contributed by atoms with van der Waals surface area (Å²) in [4.78, 5) is 23.7. The molecule has 0 aromatic heterocycles. The van der Waals surface area contributed by atoms with Gasteiger partial charge in [0, 0.05) is 11.3 Å². The van der Waals surface area contributed by atoms with Gasteiger partial charge in [-0.25, -0.2) is 4.79 Å². The fraction of sp³-hybridized carbons (Fsp3) is 0.429. The summed E-state index contributed by atoms with van der Waals surface area (Å²) in [6.45, 7) is 5.51. The van der Waals surface area contributed by atoms with E-state index in [9.17, 15) is 9.59 Å². The molecule has 1 unspecified atom stereocenters. The maximum atomic E-state index is 12.1. The fourth-order valence-corrected chi connectivity index (χ4v) is 1.67. The molecule has 1 atom stereocenters. The molecule has 0 bridgehead atoms. The second-order valence-corrected chi connectivity index (χ2v) is 4.79. The number of carbonyl (C=O) groups is 2. The number of ether oxygens (including phenoxy) is 1. The normalized spacial score (nSPS) is 12.1. The number of nitrogens with two attached hydrogens (primary N) is 1. The van der Waals surface area contributed by atoms with Crippen molar-refractivity contribution >= 4 is 17.6 Å². The van der Waals surface area contributed by atoms with Crippen molar-refractivity contribution in [2.75, 3.05) is 12.8 Å². The third-order valence-electron chi connectivity index (χ3n) is 2.94. The molecule has 0 saturated carbocycles. The Balaban J connectivity index is 2.87. The van der Waals surface area contributed by atoms with Gasteiger partial charge in [0.1, 0.15) is 6.04 Å². The van der Waals surface area contributed by atoms with Gasteiger partial charge in [0.25, 0.3) is 5.91 Å². The third kappa shape index (κ3) is 3.71. The minimum atomic E-state index is -0.657. The van der Waals surface area contributed by atoms with Gasteiger partial charge in [-0.3, -0.25) is 4.79 Å². The third-order valence-corrected chi connectivity index (χ3v) is 2.94. The number of methoxy groups -OCH3 is 1. The highest BCUT2D eigenvalue weighted by Crippen LogP contribution is 2.13. The summed E-state index contributed by atoms with van der Waals surface area (Å²) in [7, 11) is 1.30. The number of anilines is 1. The van der Waals surface area contributed by atoms with E-state index >= 15 is 0 Å². The highest BCUT2D eigenvalue weighted by Gasteiger charge is 2.25. The lowest BCUT2D eigenvalue weighted by molar-refractivity contribution is -0.144. The molecule has 1 rings (SSSR count). The number of nitrogen functional groups attached to an aromatic ring is 1. The van der Waals surface area contributed by atoms with Gasteiger partial charge < -0.3 is 15.8 Å². The molecule has 0 aliphatic rings. The zero-order chi connectivity index (χ0) is 14.6. The average Bonchev–Trinajstić information content (AvgIpc) is 2.37. The van der Waals surface area contributed by atoms with E-state index in [4.69, 9.17) is 5.73 Å². The highest BCUT2D eigenvalue weighted by atomic mass is 16.5. The molecule has 0 heterocycles. The van der Waals surface area contributed by atoms with Crippen LogP contribution < -0.4 is 11.1 Å². The van der Waals surface area contributed by atoms with Gasteiger partial charge in [-0.15, -0.1) is 0 Å². The molecule has 1 amide bonds. The molecule has 1 aromatic rings. The van der Waals surface area contributed by atoms with Gasteiger partial charge in [0.15, 0.2) is 0 Å². The molecule has 0 fully saturated rings. The van der Waals surface area contributed by atoms with Crippen LogP contribution in [0.15, 0.2) is 18.2 Å². The minimum absolute atomic E-state index is 0.0497. The maximum Gasteiger partial charge on any atom is 0.328 e.